The summed E-state index contributed by atoms with van der Waals surface area (Å²) in [5, 5.41) is 13.2. The molecule has 1 aromatic carbocycles. The van der Waals surface area contributed by atoms with E-state index >= 15 is 0 Å². The van der Waals surface area contributed by atoms with E-state index in [2.05, 4.69) is 19.2 Å². The maximum Gasteiger partial charge on any atom is 0.119 e. The highest BCUT2D eigenvalue weighted by molar-refractivity contribution is 5.27. The molecule has 0 aliphatic rings. The van der Waals surface area contributed by atoms with Gasteiger partial charge in [-0.2, -0.15) is 0 Å². The molecular weight excluding hydrogens is 226 g/mol. The van der Waals surface area contributed by atoms with Gasteiger partial charge in [-0.15, -0.1) is 0 Å². The molecule has 1 aromatic rings. The highest BCUT2D eigenvalue weighted by Gasteiger charge is 2.05. The minimum Gasteiger partial charge on any atom is -0.494 e. The molecule has 0 spiro atoms. The summed E-state index contributed by atoms with van der Waals surface area (Å²) in [6.45, 7) is 8.56. The number of aliphatic hydroxyl groups is 1. The first-order valence-electron chi connectivity index (χ1n) is 6.72. The van der Waals surface area contributed by atoms with Crippen molar-refractivity contribution >= 4 is 0 Å². The summed E-state index contributed by atoms with van der Waals surface area (Å²) in [6, 6.07) is 7.92. The molecular formula is C15H25NO2. The fourth-order valence-corrected chi connectivity index (χ4v) is 1.77. The lowest BCUT2D eigenvalue weighted by Gasteiger charge is -2.13. The van der Waals surface area contributed by atoms with Crippen LogP contribution in [0.4, 0.5) is 0 Å². The Bertz CT molecular complexity index is 322. The van der Waals surface area contributed by atoms with Crippen molar-refractivity contribution in [3.63, 3.8) is 0 Å². The molecule has 0 heterocycles. The molecule has 0 aliphatic carbocycles. The Hall–Kier alpha value is -1.06. The summed E-state index contributed by atoms with van der Waals surface area (Å²) in [4.78, 5) is 0. The van der Waals surface area contributed by atoms with Crippen LogP contribution in [0, 0.1) is 5.92 Å². The van der Waals surface area contributed by atoms with Crippen molar-refractivity contribution < 1.29 is 9.84 Å². The number of hydrogen-bond donors (Lipinski definition) is 2. The van der Waals surface area contributed by atoms with Crippen molar-refractivity contribution in [2.75, 3.05) is 19.7 Å². The molecule has 102 valence electrons. The SMILES string of the molecule is CCOc1ccc(C[C@@H](O)CNCC(C)C)cc1. The van der Waals surface area contributed by atoms with Crippen LogP contribution in [0.2, 0.25) is 0 Å². The van der Waals surface area contributed by atoms with E-state index in [0.717, 1.165) is 17.9 Å². The van der Waals surface area contributed by atoms with E-state index in [4.69, 9.17) is 4.74 Å². The lowest BCUT2D eigenvalue weighted by atomic mass is 10.1. The first-order chi connectivity index (χ1) is 8.61. The van der Waals surface area contributed by atoms with Crippen molar-refractivity contribution in [1.82, 2.24) is 5.32 Å². The molecule has 3 heteroatoms. The zero-order valence-electron chi connectivity index (χ0n) is 11.6. The average molecular weight is 251 g/mol. The number of aliphatic hydroxyl groups excluding tert-OH is 1. The first-order valence-corrected chi connectivity index (χ1v) is 6.72. The summed E-state index contributed by atoms with van der Waals surface area (Å²) in [5.41, 5.74) is 1.14. The van der Waals surface area contributed by atoms with Gasteiger partial charge in [0, 0.05) is 6.54 Å². The van der Waals surface area contributed by atoms with Crippen LogP contribution in [0.25, 0.3) is 0 Å². The van der Waals surface area contributed by atoms with Crippen LogP contribution in [0.1, 0.15) is 26.3 Å². The molecule has 0 aromatic heterocycles. The normalized spacial score (nSPS) is 12.7. The summed E-state index contributed by atoms with van der Waals surface area (Å²) >= 11 is 0. The fourth-order valence-electron chi connectivity index (χ4n) is 1.77. The van der Waals surface area contributed by atoms with Crippen molar-refractivity contribution in [3.05, 3.63) is 29.8 Å². The number of ether oxygens (including phenoxy) is 1. The monoisotopic (exact) mass is 251 g/mol. The van der Waals surface area contributed by atoms with Crippen molar-refractivity contribution in [2.45, 2.75) is 33.3 Å². The number of nitrogens with one attached hydrogen (secondary N) is 1. The van der Waals surface area contributed by atoms with E-state index in [1.807, 2.05) is 31.2 Å². The van der Waals surface area contributed by atoms with E-state index in [9.17, 15) is 5.11 Å². The molecule has 0 aliphatic heterocycles. The Morgan fingerprint density at radius 2 is 1.83 bits per heavy atom. The van der Waals surface area contributed by atoms with Crippen LogP contribution in [0.15, 0.2) is 24.3 Å². The predicted molar refractivity (Wildman–Crippen MR) is 75.0 cm³/mol. The zero-order valence-corrected chi connectivity index (χ0v) is 11.6. The van der Waals surface area contributed by atoms with Gasteiger partial charge in [-0.3, -0.25) is 0 Å². The minimum atomic E-state index is -0.332. The standard InChI is InChI=1S/C15H25NO2/c1-4-18-15-7-5-13(6-8-15)9-14(17)11-16-10-12(2)3/h5-8,12,14,16-17H,4,9-11H2,1-3H3/t14-/m1/s1. The maximum atomic E-state index is 9.89. The second-order valence-electron chi connectivity index (χ2n) is 4.99. The Balaban J connectivity index is 2.32. The first kappa shape index (κ1) is 15.0. The van der Waals surface area contributed by atoms with Crippen LogP contribution >= 0.6 is 0 Å². The van der Waals surface area contributed by atoms with Gasteiger partial charge in [0.2, 0.25) is 0 Å². The Morgan fingerprint density at radius 3 is 2.39 bits per heavy atom. The van der Waals surface area contributed by atoms with Crippen molar-refractivity contribution in [3.8, 4) is 5.75 Å². The third-order valence-electron chi connectivity index (χ3n) is 2.64. The lowest BCUT2D eigenvalue weighted by Crippen LogP contribution is -2.30. The van der Waals surface area contributed by atoms with Gasteiger partial charge in [-0.05, 0) is 43.5 Å². The van der Waals surface area contributed by atoms with E-state index < -0.39 is 0 Å². The Morgan fingerprint density at radius 1 is 1.17 bits per heavy atom. The van der Waals surface area contributed by atoms with E-state index in [1.165, 1.54) is 0 Å². The summed E-state index contributed by atoms with van der Waals surface area (Å²) in [6.07, 6.45) is 0.346. The largest absolute Gasteiger partial charge is 0.494 e. The van der Waals surface area contributed by atoms with Crippen LogP contribution < -0.4 is 10.1 Å². The van der Waals surface area contributed by atoms with Crippen LogP contribution in [-0.2, 0) is 6.42 Å². The van der Waals surface area contributed by atoms with E-state index in [1.54, 1.807) is 0 Å². The number of rotatable bonds is 8. The molecule has 0 saturated heterocycles. The molecule has 0 saturated carbocycles. The van der Waals surface area contributed by atoms with Crippen molar-refractivity contribution in [2.24, 2.45) is 5.92 Å². The topological polar surface area (TPSA) is 41.5 Å². The fraction of sp³-hybridized carbons (Fsp3) is 0.600. The summed E-state index contributed by atoms with van der Waals surface area (Å²) in [7, 11) is 0. The molecule has 1 rings (SSSR count). The Labute approximate surface area is 110 Å². The van der Waals surface area contributed by atoms with Crippen molar-refractivity contribution in [1.29, 1.82) is 0 Å². The second kappa shape index (κ2) is 8.11. The van der Waals surface area contributed by atoms with E-state index in [-0.39, 0.29) is 6.10 Å². The molecule has 2 N–H and O–H groups in total. The maximum absolute atomic E-state index is 9.89. The highest BCUT2D eigenvalue weighted by atomic mass is 16.5. The third kappa shape index (κ3) is 6.03. The molecule has 3 nitrogen and oxygen atoms in total. The molecule has 0 bridgehead atoms. The van der Waals surface area contributed by atoms with Crippen LogP contribution in [0.3, 0.4) is 0 Å². The summed E-state index contributed by atoms with van der Waals surface area (Å²) < 4.78 is 5.38. The van der Waals surface area contributed by atoms with Gasteiger partial charge >= 0.3 is 0 Å². The molecule has 1 atom stereocenters. The van der Waals surface area contributed by atoms with Crippen LogP contribution in [-0.4, -0.2) is 30.9 Å². The average Bonchev–Trinajstić information content (AvgIpc) is 2.31. The minimum absolute atomic E-state index is 0.332. The van der Waals surface area contributed by atoms with Gasteiger partial charge in [0.05, 0.1) is 12.7 Å². The smallest absolute Gasteiger partial charge is 0.119 e. The summed E-state index contributed by atoms with van der Waals surface area (Å²) in [5.74, 6) is 1.50. The van der Waals surface area contributed by atoms with Gasteiger partial charge in [-0.1, -0.05) is 26.0 Å². The third-order valence-corrected chi connectivity index (χ3v) is 2.64. The molecule has 0 radical (unpaired) electrons. The predicted octanol–water partition coefficient (Wildman–Crippen LogP) is 2.23. The molecule has 18 heavy (non-hydrogen) atoms. The molecule has 0 amide bonds. The second-order valence-corrected chi connectivity index (χ2v) is 4.99. The molecule has 0 fully saturated rings. The van der Waals surface area contributed by atoms with Crippen LogP contribution in [0.5, 0.6) is 5.75 Å². The van der Waals surface area contributed by atoms with Gasteiger partial charge in [0.1, 0.15) is 5.75 Å². The van der Waals surface area contributed by atoms with Gasteiger partial charge in [-0.25, -0.2) is 0 Å². The zero-order chi connectivity index (χ0) is 13.4. The lowest BCUT2D eigenvalue weighted by molar-refractivity contribution is 0.170. The highest BCUT2D eigenvalue weighted by Crippen LogP contribution is 2.13. The van der Waals surface area contributed by atoms with Gasteiger partial charge in [0.25, 0.3) is 0 Å². The Kier molecular flexibility index (Phi) is 6.76. The number of hydrogen-bond acceptors (Lipinski definition) is 3. The number of benzene rings is 1. The molecule has 0 unspecified atom stereocenters. The van der Waals surface area contributed by atoms with Gasteiger partial charge < -0.3 is 15.2 Å². The van der Waals surface area contributed by atoms with Gasteiger partial charge in [0.15, 0.2) is 0 Å². The van der Waals surface area contributed by atoms with E-state index in [0.29, 0.717) is 25.5 Å². The quantitative estimate of drug-likeness (QED) is 0.744.